The van der Waals surface area contributed by atoms with E-state index in [1.54, 1.807) is 22.9 Å². The summed E-state index contributed by atoms with van der Waals surface area (Å²) in [7, 11) is 0. The molecule has 0 atom stereocenters. The number of nitrogens with one attached hydrogen (secondary N) is 1. The Hall–Kier alpha value is -2.39. The Morgan fingerprint density at radius 2 is 2.27 bits per heavy atom. The van der Waals surface area contributed by atoms with Crippen LogP contribution in [0.3, 0.4) is 0 Å². The molecule has 2 aromatic rings. The van der Waals surface area contributed by atoms with Gasteiger partial charge in [0.05, 0.1) is 5.56 Å². The van der Waals surface area contributed by atoms with E-state index >= 15 is 0 Å². The van der Waals surface area contributed by atoms with E-state index in [-0.39, 0.29) is 18.2 Å². The molecule has 0 saturated carbocycles. The molecule has 0 fully saturated rings. The van der Waals surface area contributed by atoms with E-state index in [0.717, 1.165) is 31.2 Å². The van der Waals surface area contributed by atoms with Gasteiger partial charge < -0.3 is 10.4 Å². The summed E-state index contributed by atoms with van der Waals surface area (Å²) in [5, 5.41) is 22.3. The number of amides is 1. The number of nitriles is 1. The zero-order chi connectivity index (χ0) is 15.5. The van der Waals surface area contributed by atoms with Gasteiger partial charge in [-0.1, -0.05) is 0 Å². The van der Waals surface area contributed by atoms with Crippen LogP contribution in [0.2, 0.25) is 0 Å². The molecule has 0 unspecified atom stereocenters. The van der Waals surface area contributed by atoms with Crippen molar-refractivity contribution < 1.29 is 14.5 Å². The molecule has 0 aliphatic heterocycles. The Labute approximate surface area is 132 Å². The van der Waals surface area contributed by atoms with E-state index in [1.807, 2.05) is 0 Å². The van der Waals surface area contributed by atoms with E-state index in [2.05, 4.69) is 11.4 Å². The molecule has 6 heteroatoms. The van der Waals surface area contributed by atoms with Gasteiger partial charge in [-0.15, -0.1) is 11.3 Å². The highest BCUT2D eigenvalue weighted by Crippen LogP contribution is 2.37. The SMILES string of the molecule is N#Cc1c(NC(=O)C[n+]2cccc(O)c2)sc2c1CCCC2. The van der Waals surface area contributed by atoms with Gasteiger partial charge >= 0.3 is 0 Å². The average molecular weight is 314 g/mol. The van der Waals surface area contributed by atoms with Gasteiger partial charge in [0.25, 0.3) is 5.91 Å². The van der Waals surface area contributed by atoms with Gasteiger partial charge in [-0.25, -0.2) is 0 Å². The molecule has 3 rings (SSSR count). The number of hydrogen-bond acceptors (Lipinski definition) is 4. The highest BCUT2D eigenvalue weighted by Gasteiger charge is 2.22. The number of pyridine rings is 1. The van der Waals surface area contributed by atoms with Gasteiger partial charge in [-0.05, 0) is 37.3 Å². The Kier molecular flexibility index (Phi) is 4.07. The van der Waals surface area contributed by atoms with Crippen LogP contribution in [0.4, 0.5) is 5.00 Å². The fourth-order valence-corrected chi connectivity index (χ4v) is 3.97. The Bertz CT molecular complexity index is 761. The largest absolute Gasteiger partial charge is 0.503 e. The molecule has 1 aliphatic rings. The van der Waals surface area contributed by atoms with Crippen LogP contribution in [0, 0.1) is 11.3 Å². The second-order valence-electron chi connectivity index (χ2n) is 5.31. The Morgan fingerprint density at radius 1 is 1.45 bits per heavy atom. The minimum absolute atomic E-state index is 0.0990. The fraction of sp³-hybridized carbons (Fsp3) is 0.312. The molecule has 2 aromatic heterocycles. The number of aromatic nitrogens is 1. The molecule has 5 nitrogen and oxygen atoms in total. The first kappa shape index (κ1) is 14.5. The number of nitrogens with zero attached hydrogens (tertiary/aromatic N) is 2. The monoisotopic (exact) mass is 314 g/mol. The Balaban J connectivity index is 1.77. The number of carbonyl (C=O) groups is 1. The summed E-state index contributed by atoms with van der Waals surface area (Å²) >= 11 is 1.52. The van der Waals surface area contributed by atoms with E-state index in [0.29, 0.717) is 10.6 Å². The number of anilines is 1. The standard InChI is InChI=1S/C16H15N3O2S/c17-8-13-12-5-1-2-6-14(12)22-16(13)18-15(21)10-19-7-3-4-11(20)9-19/h3-4,7,9H,1-2,5-6,10H2,(H-,18,20,21)/p+1. The van der Waals surface area contributed by atoms with Gasteiger partial charge in [0.15, 0.2) is 11.9 Å². The summed E-state index contributed by atoms with van der Waals surface area (Å²) in [6, 6.07) is 5.46. The normalized spacial score (nSPS) is 13.2. The smallest absolute Gasteiger partial charge is 0.290 e. The summed E-state index contributed by atoms with van der Waals surface area (Å²) in [5.41, 5.74) is 1.73. The van der Waals surface area contributed by atoms with E-state index in [4.69, 9.17) is 0 Å². The molecule has 0 radical (unpaired) electrons. The van der Waals surface area contributed by atoms with E-state index < -0.39 is 0 Å². The predicted molar refractivity (Wildman–Crippen MR) is 82.6 cm³/mol. The van der Waals surface area contributed by atoms with Crippen molar-refractivity contribution in [3.8, 4) is 11.8 Å². The number of aromatic hydroxyl groups is 1. The second kappa shape index (κ2) is 6.16. The van der Waals surface area contributed by atoms with Gasteiger partial charge in [0, 0.05) is 10.9 Å². The van der Waals surface area contributed by atoms with Gasteiger partial charge in [-0.3, -0.25) is 4.79 Å². The molecule has 1 amide bonds. The van der Waals surface area contributed by atoms with Gasteiger partial charge in [0.1, 0.15) is 11.1 Å². The van der Waals surface area contributed by atoms with Crippen LogP contribution in [-0.4, -0.2) is 11.0 Å². The minimum Gasteiger partial charge on any atom is -0.503 e. The number of thiophene rings is 1. The summed E-state index contributed by atoms with van der Waals surface area (Å²) < 4.78 is 1.60. The van der Waals surface area contributed by atoms with Gasteiger partial charge in [-0.2, -0.15) is 9.83 Å². The number of hydrogen-bond donors (Lipinski definition) is 2. The maximum Gasteiger partial charge on any atom is 0.290 e. The predicted octanol–water partition coefficient (Wildman–Crippen LogP) is 2.13. The van der Waals surface area contributed by atoms with Crippen molar-refractivity contribution in [2.24, 2.45) is 0 Å². The van der Waals surface area contributed by atoms with Crippen LogP contribution in [0.1, 0.15) is 28.8 Å². The van der Waals surface area contributed by atoms with Gasteiger partial charge in [0.2, 0.25) is 12.7 Å². The third-order valence-electron chi connectivity index (χ3n) is 3.70. The first-order valence-corrected chi connectivity index (χ1v) is 8.01. The molecule has 0 bridgehead atoms. The average Bonchev–Trinajstić information content (AvgIpc) is 2.83. The van der Waals surface area contributed by atoms with Crippen molar-refractivity contribution in [1.82, 2.24) is 0 Å². The second-order valence-corrected chi connectivity index (χ2v) is 6.41. The number of fused-ring (bicyclic) bond motifs is 1. The third kappa shape index (κ3) is 2.95. The van der Waals surface area contributed by atoms with Crippen molar-refractivity contribution in [3.63, 3.8) is 0 Å². The zero-order valence-electron chi connectivity index (χ0n) is 12.0. The zero-order valence-corrected chi connectivity index (χ0v) is 12.8. The van der Waals surface area contributed by atoms with Crippen molar-refractivity contribution in [2.75, 3.05) is 5.32 Å². The van der Waals surface area contributed by atoms with Crippen LogP contribution >= 0.6 is 11.3 Å². The lowest BCUT2D eigenvalue weighted by atomic mass is 9.96. The molecule has 2 N–H and O–H groups in total. The minimum atomic E-state index is -0.203. The first-order valence-electron chi connectivity index (χ1n) is 7.20. The molecule has 112 valence electrons. The van der Waals surface area contributed by atoms with Crippen LogP contribution in [0.5, 0.6) is 5.75 Å². The lowest BCUT2D eigenvalue weighted by Crippen LogP contribution is -2.39. The van der Waals surface area contributed by atoms with Crippen molar-refractivity contribution in [1.29, 1.82) is 5.26 Å². The van der Waals surface area contributed by atoms with Crippen LogP contribution in [-0.2, 0) is 24.2 Å². The highest BCUT2D eigenvalue weighted by molar-refractivity contribution is 7.16. The fourth-order valence-electron chi connectivity index (χ4n) is 2.71. The highest BCUT2D eigenvalue weighted by atomic mass is 32.1. The van der Waals surface area contributed by atoms with E-state index in [1.165, 1.54) is 22.4 Å². The summed E-state index contributed by atoms with van der Waals surface area (Å²) in [4.78, 5) is 13.4. The first-order chi connectivity index (χ1) is 10.7. The molecule has 2 heterocycles. The van der Waals surface area contributed by atoms with Crippen molar-refractivity contribution in [2.45, 2.75) is 32.2 Å². The number of rotatable bonds is 3. The molecule has 0 spiro atoms. The summed E-state index contributed by atoms with van der Waals surface area (Å²) in [6.45, 7) is 0.0990. The van der Waals surface area contributed by atoms with Crippen LogP contribution < -0.4 is 9.88 Å². The third-order valence-corrected chi connectivity index (χ3v) is 4.91. The van der Waals surface area contributed by atoms with Crippen LogP contribution in [0.25, 0.3) is 0 Å². The molecule has 0 aromatic carbocycles. The molecular weight excluding hydrogens is 298 g/mol. The van der Waals surface area contributed by atoms with Crippen LogP contribution in [0.15, 0.2) is 24.5 Å². The maximum atomic E-state index is 12.2. The summed E-state index contributed by atoms with van der Waals surface area (Å²) in [6.07, 6.45) is 7.36. The number of carbonyl (C=O) groups excluding carboxylic acids is 1. The van der Waals surface area contributed by atoms with Crippen molar-refractivity contribution >= 4 is 22.2 Å². The Morgan fingerprint density at radius 3 is 3.05 bits per heavy atom. The molecule has 0 saturated heterocycles. The number of aryl methyl sites for hydroxylation is 1. The quantitative estimate of drug-likeness (QED) is 0.852. The molecular formula is C16H16N3O2S+. The molecule has 1 aliphatic carbocycles. The van der Waals surface area contributed by atoms with Crippen molar-refractivity contribution in [3.05, 3.63) is 40.5 Å². The maximum absolute atomic E-state index is 12.2. The van der Waals surface area contributed by atoms with E-state index in [9.17, 15) is 15.2 Å². The lowest BCUT2D eigenvalue weighted by molar-refractivity contribution is -0.684. The molecule has 22 heavy (non-hydrogen) atoms. The topological polar surface area (TPSA) is 77.0 Å². The summed E-state index contributed by atoms with van der Waals surface area (Å²) in [5.74, 6) is -0.0923. The lowest BCUT2D eigenvalue weighted by Gasteiger charge is -2.09.